The van der Waals surface area contributed by atoms with Crippen LogP contribution in [-0.2, 0) is 0 Å². The molecule has 0 bridgehead atoms. The van der Waals surface area contributed by atoms with Crippen molar-refractivity contribution in [3.05, 3.63) is 23.2 Å². The molecule has 0 spiro atoms. The summed E-state index contributed by atoms with van der Waals surface area (Å²) in [7, 11) is 0. The van der Waals surface area contributed by atoms with Crippen LogP contribution in [0.25, 0.3) is 0 Å². The molecule has 1 aliphatic heterocycles. The zero-order valence-corrected chi connectivity index (χ0v) is 14.3. The van der Waals surface area contributed by atoms with E-state index in [1.54, 1.807) is 5.32 Å². The van der Waals surface area contributed by atoms with Gasteiger partial charge in [-0.15, -0.1) is 0 Å². The SMILES string of the molecule is C1=CCCCCC[Se][Se][Se][Se]C=C1. The van der Waals surface area contributed by atoms with Gasteiger partial charge < -0.3 is 0 Å². The molecule has 0 amide bonds. The molecule has 74 valence electrons. The van der Waals surface area contributed by atoms with E-state index in [-0.39, 0.29) is 0 Å². The summed E-state index contributed by atoms with van der Waals surface area (Å²) in [5, 5.41) is 1.57. The van der Waals surface area contributed by atoms with E-state index in [1.807, 2.05) is 0 Å². The van der Waals surface area contributed by atoms with Crippen LogP contribution in [-0.4, -0.2) is 48.9 Å². The molecule has 0 saturated carbocycles. The molecule has 13 heavy (non-hydrogen) atoms. The van der Waals surface area contributed by atoms with Gasteiger partial charge in [0.05, 0.1) is 0 Å². The zero-order valence-electron chi connectivity index (χ0n) is 7.48. The molecule has 0 aromatic heterocycles. The van der Waals surface area contributed by atoms with Gasteiger partial charge in [-0.2, -0.15) is 0 Å². The van der Waals surface area contributed by atoms with E-state index >= 15 is 0 Å². The Morgan fingerprint density at radius 2 is 1.92 bits per heavy atom. The monoisotopic (exact) mass is 442 g/mol. The van der Waals surface area contributed by atoms with Crippen LogP contribution in [0.1, 0.15) is 25.7 Å². The van der Waals surface area contributed by atoms with Crippen molar-refractivity contribution in [3.63, 3.8) is 0 Å². The first-order valence-electron chi connectivity index (χ1n) is 4.43. The molecule has 0 saturated heterocycles. The van der Waals surface area contributed by atoms with Gasteiger partial charge in [-0.05, 0) is 0 Å². The van der Waals surface area contributed by atoms with Gasteiger partial charge in [0.15, 0.2) is 0 Å². The molecule has 0 N–H and O–H groups in total. The van der Waals surface area contributed by atoms with Crippen LogP contribution in [0, 0.1) is 0 Å². The maximum absolute atomic E-state index is 2.42. The van der Waals surface area contributed by atoms with Crippen molar-refractivity contribution in [2.45, 2.75) is 31.0 Å². The molecule has 0 aromatic rings. The third-order valence-corrected chi connectivity index (χ3v) is 38.5. The summed E-state index contributed by atoms with van der Waals surface area (Å²) in [6.45, 7) is 0. The minimum atomic E-state index is 0.868. The molecule has 1 rings (SSSR count). The average Bonchev–Trinajstić information content (AvgIpc) is 2.18. The van der Waals surface area contributed by atoms with E-state index in [0.29, 0.717) is 0 Å². The molecule has 4 heteroatoms. The minimum absolute atomic E-state index is 0.868. The molecule has 0 atom stereocenters. The Morgan fingerprint density at radius 3 is 2.92 bits per heavy atom. The van der Waals surface area contributed by atoms with E-state index in [2.05, 4.69) is 23.2 Å². The molecule has 1 aliphatic rings. The number of hydrogen-bond acceptors (Lipinski definition) is 0. The summed E-state index contributed by atoms with van der Waals surface area (Å²) >= 11 is 4.01. The Bertz CT molecular complexity index is 147. The first-order chi connectivity index (χ1) is 6.50. The Labute approximate surface area is 102 Å². The van der Waals surface area contributed by atoms with Crippen LogP contribution in [0.15, 0.2) is 23.2 Å². The number of allylic oxidation sites excluding steroid dienone is 3. The summed E-state index contributed by atoms with van der Waals surface area (Å²) in [5.74, 6) is 0. The van der Waals surface area contributed by atoms with Crippen LogP contribution >= 0.6 is 0 Å². The van der Waals surface area contributed by atoms with Gasteiger partial charge in [0.1, 0.15) is 0 Å². The van der Waals surface area contributed by atoms with Gasteiger partial charge >= 0.3 is 103 Å². The maximum atomic E-state index is 2.42. The third-order valence-electron chi connectivity index (χ3n) is 1.59. The van der Waals surface area contributed by atoms with Crippen molar-refractivity contribution in [3.8, 4) is 0 Å². The van der Waals surface area contributed by atoms with E-state index < -0.39 is 0 Å². The number of rotatable bonds is 0. The van der Waals surface area contributed by atoms with E-state index in [0.717, 1.165) is 48.9 Å². The second-order valence-corrected chi connectivity index (χ2v) is 28.6. The second-order valence-electron chi connectivity index (χ2n) is 2.66. The van der Waals surface area contributed by atoms with Gasteiger partial charge in [0.25, 0.3) is 0 Å². The van der Waals surface area contributed by atoms with E-state index in [1.165, 1.54) is 25.7 Å². The van der Waals surface area contributed by atoms with Crippen LogP contribution < -0.4 is 0 Å². The molecule has 0 nitrogen and oxygen atoms in total. The topological polar surface area (TPSA) is 0 Å². The summed E-state index contributed by atoms with van der Waals surface area (Å²) < 4.78 is 0. The van der Waals surface area contributed by atoms with Crippen LogP contribution in [0.3, 0.4) is 0 Å². The molecule has 0 aromatic carbocycles. The third kappa shape index (κ3) is 8.55. The molecule has 0 unspecified atom stereocenters. The first kappa shape index (κ1) is 12.6. The van der Waals surface area contributed by atoms with Crippen molar-refractivity contribution in [1.82, 2.24) is 0 Å². The molecule has 0 fully saturated rings. The van der Waals surface area contributed by atoms with Crippen LogP contribution in [0.5, 0.6) is 0 Å². The van der Waals surface area contributed by atoms with Gasteiger partial charge in [0.2, 0.25) is 0 Å². The van der Waals surface area contributed by atoms with Crippen LogP contribution in [0.4, 0.5) is 0 Å². The van der Waals surface area contributed by atoms with Crippen molar-refractivity contribution >= 4 is 48.9 Å². The fourth-order valence-corrected chi connectivity index (χ4v) is 37.8. The van der Waals surface area contributed by atoms with Crippen LogP contribution in [0.2, 0.25) is 5.32 Å². The van der Waals surface area contributed by atoms with Gasteiger partial charge in [-0.25, -0.2) is 0 Å². The van der Waals surface area contributed by atoms with E-state index in [4.69, 9.17) is 0 Å². The number of hydrogen-bond donors (Lipinski definition) is 0. The van der Waals surface area contributed by atoms with Crippen molar-refractivity contribution in [1.29, 1.82) is 0 Å². The summed E-state index contributed by atoms with van der Waals surface area (Å²) in [6, 6.07) is 0. The summed E-state index contributed by atoms with van der Waals surface area (Å²) in [6.07, 6.45) is 12.5. The zero-order chi connectivity index (χ0) is 9.19. The first-order valence-corrected chi connectivity index (χ1v) is 19.6. The fraction of sp³-hybridized carbons (Fsp3) is 0.556. The Kier molecular flexibility index (Phi) is 9.80. The van der Waals surface area contributed by atoms with Crippen molar-refractivity contribution < 1.29 is 0 Å². The van der Waals surface area contributed by atoms with Crippen molar-refractivity contribution in [2.24, 2.45) is 0 Å². The van der Waals surface area contributed by atoms with E-state index in [9.17, 15) is 0 Å². The normalized spacial score (nSPS) is 21.5. The molecule has 1 heterocycles. The molecular weight excluding hydrogens is 424 g/mol. The Hall–Kier alpha value is 1.56. The quantitative estimate of drug-likeness (QED) is 0.505. The Morgan fingerprint density at radius 1 is 0.923 bits per heavy atom. The second kappa shape index (κ2) is 10.1. The standard InChI is InChI=1S/C9H14Se4/c1-2-4-6-8-10-12-13-11-9-7-5-3-1/h2,4,6,8H,1,3,5,7,9H2. The fourth-order valence-electron chi connectivity index (χ4n) is 0.945. The predicted octanol–water partition coefficient (Wildman–Crippen LogP) is 1.61. The summed E-state index contributed by atoms with van der Waals surface area (Å²) in [5.41, 5.74) is 0. The van der Waals surface area contributed by atoms with Gasteiger partial charge in [-0.3, -0.25) is 0 Å². The molecule has 0 radical (unpaired) electrons. The molecule has 0 aliphatic carbocycles. The van der Waals surface area contributed by atoms with Gasteiger partial charge in [0, 0.05) is 0 Å². The Balaban J connectivity index is 2.18. The summed E-state index contributed by atoms with van der Waals surface area (Å²) in [4.78, 5) is 2.42. The van der Waals surface area contributed by atoms with Gasteiger partial charge in [-0.1, -0.05) is 0 Å². The van der Waals surface area contributed by atoms with Crippen molar-refractivity contribution in [2.75, 3.05) is 0 Å². The predicted molar refractivity (Wildman–Crippen MR) is 64.6 cm³/mol. The molecular formula is C9H14Se4. The average molecular weight is 438 g/mol.